The lowest BCUT2D eigenvalue weighted by molar-refractivity contribution is -0.154. The summed E-state index contributed by atoms with van der Waals surface area (Å²) in [5.74, 6) is -0.0654. The second-order valence-electron chi connectivity index (χ2n) is 4.76. The molecule has 14 heavy (non-hydrogen) atoms. The van der Waals surface area contributed by atoms with Gasteiger partial charge in [-0.15, -0.1) is 0 Å². The minimum atomic E-state index is -0.381. The van der Waals surface area contributed by atoms with Gasteiger partial charge in [0.05, 0.1) is 12.0 Å². The highest BCUT2D eigenvalue weighted by Crippen LogP contribution is 2.35. The molecule has 0 aromatic rings. The first-order valence-corrected chi connectivity index (χ1v) is 5.33. The summed E-state index contributed by atoms with van der Waals surface area (Å²) < 4.78 is 5.31. The molecule has 0 bridgehead atoms. The summed E-state index contributed by atoms with van der Waals surface area (Å²) >= 11 is 0. The molecule has 0 spiro atoms. The van der Waals surface area contributed by atoms with E-state index < -0.39 is 0 Å². The smallest absolute Gasteiger partial charge is 0.315 e. The van der Waals surface area contributed by atoms with E-state index in [1.807, 2.05) is 19.9 Å². The van der Waals surface area contributed by atoms with Crippen LogP contribution in [0.25, 0.3) is 0 Å². The zero-order valence-corrected chi connectivity index (χ0v) is 9.59. The van der Waals surface area contributed by atoms with Crippen LogP contribution in [0, 0.1) is 10.8 Å². The number of ether oxygens (including phenoxy) is 1. The monoisotopic (exact) mass is 196 g/mol. The van der Waals surface area contributed by atoms with Crippen LogP contribution in [-0.4, -0.2) is 12.6 Å². The summed E-state index contributed by atoms with van der Waals surface area (Å²) in [5, 5.41) is 0. The van der Waals surface area contributed by atoms with E-state index in [1.165, 1.54) is 0 Å². The van der Waals surface area contributed by atoms with Gasteiger partial charge in [0, 0.05) is 5.41 Å². The first-order valence-electron chi connectivity index (χ1n) is 5.33. The second kappa shape index (κ2) is 3.76. The van der Waals surface area contributed by atoms with Crippen molar-refractivity contribution < 1.29 is 9.53 Å². The molecule has 0 saturated carbocycles. The fraction of sp³-hybridized carbons (Fsp3) is 0.750. The molecule has 0 aromatic heterocycles. The first kappa shape index (κ1) is 11.3. The maximum atomic E-state index is 11.8. The van der Waals surface area contributed by atoms with Crippen molar-refractivity contribution in [2.45, 2.75) is 40.5 Å². The van der Waals surface area contributed by atoms with Crippen LogP contribution in [0.3, 0.4) is 0 Å². The Bertz CT molecular complexity index is 247. The molecule has 0 aliphatic carbocycles. The van der Waals surface area contributed by atoms with Crippen molar-refractivity contribution >= 4 is 5.97 Å². The van der Waals surface area contributed by atoms with Crippen LogP contribution >= 0.6 is 0 Å². The Labute approximate surface area is 86.3 Å². The third-order valence-corrected chi connectivity index (χ3v) is 3.10. The van der Waals surface area contributed by atoms with Gasteiger partial charge in [0.2, 0.25) is 0 Å². The van der Waals surface area contributed by atoms with E-state index in [0.29, 0.717) is 6.61 Å². The number of cyclic esters (lactones) is 1. The topological polar surface area (TPSA) is 26.3 Å². The van der Waals surface area contributed by atoms with E-state index >= 15 is 0 Å². The number of hydrogen-bond donors (Lipinski definition) is 0. The Kier molecular flexibility index (Phi) is 3.03. The molecule has 0 unspecified atom stereocenters. The highest BCUT2D eigenvalue weighted by atomic mass is 16.5. The number of carbonyl (C=O) groups excluding carboxylic acids is 1. The van der Waals surface area contributed by atoms with Crippen molar-refractivity contribution in [3.05, 3.63) is 12.2 Å². The maximum absolute atomic E-state index is 11.8. The SMILES string of the molecule is CCC1(CC)C=CC(C)(C)COC1=O. The molecule has 2 nitrogen and oxygen atoms in total. The van der Waals surface area contributed by atoms with Gasteiger partial charge < -0.3 is 4.74 Å². The second-order valence-corrected chi connectivity index (χ2v) is 4.76. The summed E-state index contributed by atoms with van der Waals surface area (Å²) in [6.07, 6.45) is 5.79. The molecule has 0 amide bonds. The Morgan fingerprint density at radius 2 is 1.86 bits per heavy atom. The summed E-state index contributed by atoms with van der Waals surface area (Å²) in [5.41, 5.74) is -0.407. The third-order valence-electron chi connectivity index (χ3n) is 3.10. The molecule has 0 saturated heterocycles. The molecule has 0 fully saturated rings. The summed E-state index contributed by atoms with van der Waals surface area (Å²) in [7, 11) is 0. The lowest BCUT2D eigenvalue weighted by Gasteiger charge is -2.23. The normalized spacial score (nSPS) is 24.1. The van der Waals surface area contributed by atoms with Crippen LogP contribution in [0.2, 0.25) is 0 Å². The Balaban J connectivity index is 3.00. The number of hydrogen-bond acceptors (Lipinski definition) is 2. The van der Waals surface area contributed by atoms with Crippen LogP contribution in [0.4, 0.5) is 0 Å². The van der Waals surface area contributed by atoms with Crippen LogP contribution in [0.1, 0.15) is 40.5 Å². The van der Waals surface area contributed by atoms with Crippen LogP contribution < -0.4 is 0 Å². The minimum absolute atomic E-state index is 0.0260. The molecule has 1 rings (SSSR count). The van der Waals surface area contributed by atoms with Gasteiger partial charge in [0.1, 0.15) is 0 Å². The van der Waals surface area contributed by atoms with Crippen molar-refractivity contribution in [2.24, 2.45) is 10.8 Å². The standard InChI is InChI=1S/C12H20O2/c1-5-12(6-2)8-7-11(3,4)9-14-10(12)13/h7-8H,5-6,9H2,1-4H3. The predicted molar refractivity (Wildman–Crippen MR) is 56.9 cm³/mol. The number of carbonyl (C=O) groups is 1. The average molecular weight is 196 g/mol. The van der Waals surface area contributed by atoms with Crippen molar-refractivity contribution in [3.8, 4) is 0 Å². The minimum Gasteiger partial charge on any atom is -0.464 e. The third kappa shape index (κ3) is 1.99. The Morgan fingerprint density at radius 1 is 1.29 bits per heavy atom. The van der Waals surface area contributed by atoms with E-state index in [2.05, 4.69) is 19.9 Å². The molecule has 1 aliphatic rings. The van der Waals surface area contributed by atoms with Gasteiger partial charge in [0.25, 0.3) is 0 Å². The van der Waals surface area contributed by atoms with Gasteiger partial charge in [-0.25, -0.2) is 0 Å². The highest BCUT2D eigenvalue weighted by Gasteiger charge is 2.37. The quantitative estimate of drug-likeness (QED) is 0.501. The largest absolute Gasteiger partial charge is 0.464 e. The van der Waals surface area contributed by atoms with E-state index in [9.17, 15) is 4.79 Å². The molecule has 0 atom stereocenters. The lowest BCUT2D eigenvalue weighted by atomic mass is 9.81. The van der Waals surface area contributed by atoms with E-state index in [4.69, 9.17) is 4.74 Å². The Hall–Kier alpha value is -0.790. The van der Waals surface area contributed by atoms with Gasteiger partial charge >= 0.3 is 5.97 Å². The van der Waals surface area contributed by atoms with Crippen molar-refractivity contribution in [2.75, 3.05) is 6.61 Å². The zero-order chi connectivity index (χ0) is 10.8. The van der Waals surface area contributed by atoms with Crippen molar-refractivity contribution in [3.63, 3.8) is 0 Å². The van der Waals surface area contributed by atoms with Crippen molar-refractivity contribution in [1.29, 1.82) is 0 Å². The van der Waals surface area contributed by atoms with Gasteiger partial charge in [-0.1, -0.05) is 39.8 Å². The molecule has 2 heteroatoms. The Morgan fingerprint density at radius 3 is 2.36 bits per heavy atom. The van der Waals surface area contributed by atoms with E-state index in [1.54, 1.807) is 0 Å². The molecular formula is C12H20O2. The highest BCUT2D eigenvalue weighted by molar-refractivity contribution is 5.79. The van der Waals surface area contributed by atoms with Crippen molar-refractivity contribution in [1.82, 2.24) is 0 Å². The number of esters is 1. The molecular weight excluding hydrogens is 176 g/mol. The average Bonchev–Trinajstić information content (AvgIpc) is 2.27. The summed E-state index contributed by atoms with van der Waals surface area (Å²) in [6, 6.07) is 0. The molecule has 1 heterocycles. The van der Waals surface area contributed by atoms with E-state index in [0.717, 1.165) is 12.8 Å². The van der Waals surface area contributed by atoms with Crippen LogP contribution in [0.15, 0.2) is 12.2 Å². The van der Waals surface area contributed by atoms with Gasteiger partial charge in [-0.2, -0.15) is 0 Å². The zero-order valence-electron chi connectivity index (χ0n) is 9.59. The molecule has 0 N–H and O–H groups in total. The molecule has 80 valence electrons. The first-order chi connectivity index (χ1) is 6.46. The molecule has 0 aromatic carbocycles. The molecule has 1 aliphatic heterocycles. The lowest BCUT2D eigenvalue weighted by Crippen LogP contribution is -2.29. The summed E-state index contributed by atoms with van der Waals surface area (Å²) in [4.78, 5) is 11.8. The van der Waals surface area contributed by atoms with Gasteiger partial charge in [0.15, 0.2) is 0 Å². The fourth-order valence-corrected chi connectivity index (χ4v) is 1.67. The van der Waals surface area contributed by atoms with Gasteiger partial charge in [-0.05, 0) is 12.8 Å². The predicted octanol–water partition coefficient (Wildman–Crippen LogP) is 2.93. The van der Waals surface area contributed by atoms with Gasteiger partial charge in [-0.3, -0.25) is 4.79 Å². The summed E-state index contributed by atoms with van der Waals surface area (Å²) in [6.45, 7) is 8.72. The van der Waals surface area contributed by atoms with E-state index in [-0.39, 0.29) is 16.8 Å². The number of rotatable bonds is 2. The van der Waals surface area contributed by atoms with Crippen LogP contribution in [0.5, 0.6) is 0 Å². The molecule has 0 radical (unpaired) electrons. The van der Waals surface area contributed by atoms with Crippen LogP contribution in [-0.2, 0) is 9.53 Å². The maximum Gasteiger partial charge on any atom is 0.315 e. The fourth-order valence-electron chi connectivity index (χ4n) is 1.67.